The second-order valence-corrected chi connectivity index (χ2v) is 6.35. The molecule has 3 heterocycles. The summed E-state index contributed by atoms with van der Waals surface area (Å²) in [7, 11) is 0. The molecule has 1 aromatic heterocycles. The normalized spacial score (nSPS) is 31.3. The molecular formula is C15H25N3O. The van der Waals surface area contributed by atoms with Crippen LogP contribution in [-0.2, 0) is 10.3 Å². The van der Waals surface area contributed by atoms with Gasteiger partial charge in [-0.25, -0.2) is 4.98 Å². The Balaban J connectivity index is 1.85. The van der Waals surface area contributed by atoms with Crippen molar-refractivity contribution in [1.29, 1.82) is 0 Å². The van der Waals surface area contributed by atoms with E-state index in [0.29, 0.717) is 12.1 Å². The number of hydrogen-bond donors (Lipinski definition) is 1. The number of aromatic nitrogens is 2. The Hall–Kier alpha value is -0.870. The Morgan fingerprint density at radius 3 is 2.89 bits per heavy atom. The molecule has 0 aliphatic carbocycles. The van der Waals surface area contributed by atoms with Crippen LogP contribution in [0.2, 0.25) is 0 Å². The summed E-state index contributed by atoms with van der Waals surface area (Å²) >= 11 is 0. The summed E-state index contributed by atoms with van der Waals surface area (Å²) in [5.41, 5.74) is 1.53. The number of nitrogens with zero attached hydrogens (tertiary/aromatic N) is 2. The standard InChI is InChI=1S/C15H25N3O/c1-12-4-3-5-13(17-12)14-10-16-11-18(14)15(2)6-8-19-9-7-15/h10-13,17H,3-9H2,1-2H3. The maximum Gasteiger partial charge on any atom is 0.0953 e. The highest BCUT2D eigenvalue weighted by Crippen LogP contribution is 2.34. The van der Waals surface area contributed by atoms with Crippen LogP contribution in [-0.4, -0.2) is 28.8 Å². The molecule has 3 rings (SSSR count). The van der Waals surface area contributed by atoms with Gasteiger partial charge < -0.3 is 14.6 Å². The van der Waals surface area contributed by atoms with E-state index in [1.54, 1.807) is 0 Å². The van der Waals surface area contributed by atoms with Crippen molar-refractivity contribution in [1.82, 2.24) is 14.9 Å². The van der Waals surface area contributed by atoms with E-state index in [1.165, 1.54) is 25.0 Å². The minimum Gasteiger partial charge on any atom is -0.381 e. The molecule has 0 aromatic carbocycles. The van der Waals surface area contributed by atoms with E-state index in [9.17, 15) is 0 Å². The molecule has 2 saturated heterocycles. The Labute approximate surface area is 115 Å². The largest absolute Gasteiger partial charge is 0.381 e. The van der Waals surface area contributed by atoms with Gasteiger partial charge in [0.05, 0.1) is 12.0 Å². The number of rotatable bonds is 2. The predicted molar refractivity (Wildman–Crippen MR) is 75.1 cm³/mol. The van der Waals surface area contributed by atoms with Crippen LogP contribution in [0.4, 0.5) is 0 Å². The van der Waals surface area contributed by atoms with Gasteiger partial charge in [0, 0.05) is 37.0 Å². The Morgan fingerprint density at radius 2 is 2.16 bits per heavy atom. The van der Waals surface area contributed by atoms with Crippen LogP contribution in [0.25, 0.3) is 0 Å². The van der Waals surface area contributed by atoms with Gasteiger partial charge >= 0.3 is 0 Å². The molecular weight excluding hydrogens is 238 g/mol. The Morgan fingerprint density at radius 1 is 1.37 bits per heavy atom. The van der Waals surface area contributed by atoms with Crippen molar-refractivity contribution in [3.63, 3.8) is 0 Å². The van der Waals surface area contributed by atoms with Gasteiger partial charge in [-0.1, -0.05) is 0 Å². The van der Waals surface area contributed by atoms with Crippen molar-refractivity contribution >= 4 is 0 Å². The van der Waals surface area contributed by atoms with Gasteiger partial charge in [0.2, 0.25) is 0 Å². The van der Waals surface area contributed by atoms with Gasteiger partial charge in [-0.05, 0) is 46.0 Å². The molecule has 0 bridgehead atoms. The zero-order valence-electron chi connectivity index (χ0n) is 12.1. The Kier molecular flexibility index (Phi) is 3.63. The molecule has 2 aliphatic rings. The van der Waals surface area contributed by atoms with Crippen molar-refractivity contribution in [2.75, 3.05) is 13.2 Å². The van der Waals surface area contributed by atoms with Crippen LogP contribution in [0.1, 0.15) is 57.7 Å². The average molecular weight is 263 g/mol. The van der Waals surface area contributed by atoms with E-state index in [0.717, 1.165) is 26.1 Å². The van der Waals surface area contributed by atoms with E-state index in [2.05, 4.69) is 34.9 Å². The molecule has 4 heteroatoms. The predicted octanol–water partition coefficient (Wildman–Crippen LogP) is 2.61. The van der Waals surface area contributed by atoms with E-state index in [-0.39, 0.29) is 5.54 Å². The van der Waals surface area contributed by atoms with Crippen molar-refractivity contribution in [3.05, 3.63) is 18.2 Å². The lowest BCUT2D eigenvalue weighted by molar-refractivity contribution is 0.0274. The highest BCUT2D eigenvalue weighted by atomic mass is 16.5. The van der Waals surface area contributed by atoms with Crippen molar-refractivity contribution in [3.8, 4) is 0 Å². The van der Waals surface area contributed by atoms with Gasteiger partial charge in [-0.2, -0.15) is 0 Å². The van der Waals surface area contributed by atoms with E-state index in [1.807, 2.05) is 6.33 Å². The summed E-state index contributed by atoms with van der Waals surface area (Å²) in [5.74, 6) is 0. The fraction of sp³-hybridized carbons (Fsp3) is 0.800. The third-order valence-corrected chi connectivity index (χ3v) is 4.79. The van der Waals surface area contributed by atoms with E-state index >= 15 is 0 Å². The summed E-state index contributed by atoms with van der Waals surface area (Å²) in [6.07, 6.45) is 10.1. The lowest BCUT2D eigenvalue weighted by Crippen LogP contribution is -2.41. The van der Waals surface area contributed by atoms with Gasteiger partial charge in [0.25, 0.3) is 0 Å². The molecule has 4 nitrogen and oxygen atoms in total. The molecule has 2 fully saturated rings. The van der Waals surface area contributed by atoms with Gasteiger partial charge in [-0.15, -0.1) is 0 Å². The minimum absolute atomic E-state index is 0.173. The number of hydrogen-bond acceptors (Lipinski definition) is 3. The number of ether oxygens (including phenoxy) is 1. The number of imidazole rings is 1. The molecule has 0 spiro atoms. The van der Waals surface area contributed by atoms with Crippen LogP contribution >= 0.6 is 0 Å². The lowest BCUT2D eigenvalue weighted by Gasteiger charge is -2.38. The summed E-state index contributed by atoms with van der Waals surface area (Å²) in [4.78, 5) is 4.42. The molecule has 0 amide bonds. The first-order chi connectivity index (χ1) is 9.19. The zero-order valence-corrected chi connectivity index (χ0v) is 12.1. The van der Waals surface area contributed by atoms with Gasteiger partial charge in [0.1, 0.15) is 0 Å². The molecule has 2 unspecified atom stereocenters. The molecule has 1 N–H and O–H groups in total. The summed E-state index contributed by atoms with van der Waals surface area (Å²) in [5, 5.41) is 3.72. The topological polar surface area (TPSA) is 39.1 Å². The van der Waals surface area contributed by atoms with E-state index in [4.69, 9.17) is 4.74 Å². The van der Waals surface area contributed by atoms with Gasteiger partial charge in [0.15, 0.2) is 0 Å². The molecule has 19 heavy (non-hydrogen) atoms. The van der Waals surface area contributed by atoms with Crippen LogP contribution in [0, 0.1) is 0 Å². The molecule has 2 aliphatic heterocycles. The highest BCUT2D eigenvalue weighted by Gasteiger charge is 2.33. The van der Waals surface area contributed by atoms with Crippen LogP contribution < -0.4 is 5.32 Å². The zero-order chi connectivity index (χ0) is 13.3. The Bertz CT molecular complexity index is 423. The fourth-order valence-corrected chi connectivity index (χ4v) is 3.44. The lowest BCUT2D eigenvalue weighted by atomic mass is 9.90. The smallest absolute Gasteiger partial charge is 0.0953 e. The third kappa shape index (κ3) is 2.56. The molecule has 0 radical (unpaired) electrons. The summed E-state index contributed by atoms with van der Waals surface area (Å²) < 4.78 is 7.92. The first-order valence-corrected chi connectivity index (χ1v) is 7.55. The molecule has 2 atom stereocenters. The third-order valence-electron chi connectivity index (χ3n) is 4.79. The van der Waals surface area contributed by atoms with Crippen molar-refractivity contribution < 1.29 is 4.74 Å². The van der Waals surface area contributed by atoms with Crippen LogP contribution in [0.3, 0.4) is 0 Å². The molecule has 0 saturated carbocycles. The van der Waals surface area contributed by atoms with Crippen LogP contribution in [0.15, 0.2) is 12.5 Å². The maximum atomic E-state index is 5.52. The van der Waals surface area contributed by atoms with Crippen molar-refractivity contribution in [2.45, 2.75) is 63.6 Å². The van der Waals surface area contributed by atoms with Crippen molar-refractivity contribution in [2.24, 2.45) is 0 Å². The summed E-state index contributed by atoms with van der Waals surface area (Å²) in [6, 6.07) is 1.08. The average Bonchev–Trinajstić information content (AvgIpc) is 2.89. The quantitative estimate of drug-likeness (QED) is 0.891. The monoisotopic (exact) mass is 263 g/mol. The maximum absolute atomic E-state index is 5.52. The van der Waals surface area contributed by atoms with E-state index < -0.39 is 0 Å². The first-order valence-electron chi connectivity index (χ1n) is 7.55. The SMILES string of the molecule is CC1CCCC(c2cncn2C2(C)CCOCC2)N1. The highest BCUT2D eigenvalue weighted by molar-refractivity contribution is 5.11. The van der Waals surface area contributed by atoms with Crippen LogP contribution in [0.5, 0.6) is 0 Å². The number of nitrogens with one attached hydrogen (secondary N) is 1. The minimum atomic E-state index is 0.173. The number of piperidine rings is 1. The second kappa shape index (κ2) is 5.25. The molecule has 106 valence electrons. The fourth-order valence-electron chi connectivity index (χ4n) is 3.44. The molecule has 1 aromatic rings. The van der Waals surface area contributed by atoms with Gasteiger partial charge in [-0.3, -0.25) is 0 Å². The second-order valence-electron chi connectivity index (χ2n) is 6.35. The summed E-state index contributed by atoms with van der Waals surface area (Å²) in [6.45, 7) is 6.35. The first kappa shape index (κ1) is 13.1.